The van der Waals surface area contributed by atoms with Crippen LogP contribution in [0.4, 0.5) is 0 Å². The third-order valence-electron chi connectivity index (χ3n) is 6.14. The number of hydrogen-bond acceptors (Lipinski definition) is 7. The number of amides is 3. The van der Waals surface area contributed by atoms with Crippen molar-refractivity contribution in [3.8, 4) is 11.5 Å². The second kappa shape index (κ2) is 12.2. The van der Waals surface area contributed by atoms with Gasteiger partial charge in [0.25, 0.3) is 11.8 Å². The lowest BCUT2D eigenvalue weighted by atomic mass is 10.0. The highest BCUT2D eigenvalue weighted by Gasteiger charge is 2.33. The molecule has 198 valence electrons. The van der Waals surface area contributed by atoms with E-state index in [2.05, 4.69) is 10.6 Å². The van der Waals surface area contributed by atoms with Crippen LogP contribution in [0.25, 0.3) is 0 Å². The number of nitrogens with one attached hydrogen (secondary N) is 2. The number of hydrogen-bond donors (Lipinski definition) is 2. The van der Waals surface area contributed by atoms with Crippen molar-refractivity contribution in [3.63, 3.8) is 0 Å². The zero-order valence-corrected chi connectivity index (χ0v) is 21.6. The summed E-state index contributed by atoms with van der Waals surface area (Å²) in [5.41, 5.74) is 0.689. The Hall–Kier alpha value is -4.08. The van der Waals surface area contributed by atoms with E-state index in [-0.39, 0.29) is 36.2 Å². The predicted octanol–water partition coefficient (Wildman–Crippen LogP) is 2.03. The van der Waals surface area contributed by atoms with E-state index in [4.69, 9.17) is 14.2 Å². The number of esters is 1. The quantitative estimate of drug-likeness (QED) is 0.602. The first-order valence-electron chi connectivity index (χ1n) is 12.0. The molecule has 2 bridgehead atoms. The van der Waals surface area contributed by atoms with Gasteiger partial charge in [-0.1, -0.05) is 32.0 Å². The van der Waals surface area contributed by atoms with Crippen molar-refractivity contribution in [2.24, 2.45) is 5.92 Å². The van der Waals surface area contributed by atoms with Gasteiger partial charge < -0.3 is 29.7 Å². The van der Waals surface area contributed by atoms with Crippen LogP contribution in [-0.4, -0.2) is 74.1 Å². The van der Waals surface area contributed by atoms with Gasteiger partial charge in [0, 0.05) is 23.7 Å². The summed E-state index contributed by atoms with van der Waals surface area (Å²) in [6.07, 6.45) is -1.24. The van der Waals surface area contributed by atoms with Crippen LogP contribution in [0, 0.1) is 5.92 Å². The molecule has 37 heavy (non-hydrogen) atoms. The normalized spacial score (nSPS) is 20.7. The Morgan fingerprint density at radius 1 is 1.05 bits per heavy atom. The van der Waals surface area contributed by atoms with Crippen LogP contribution < -0.4 is 20.1 Å². The predicted molar refractivity (Wildman–Crippen MR) is 135 cm³/mol. The molecule has 1 heterocycles. The van der Waals surface area contributed by atoms with Crippen LogP contribution in [-0.2, 0) is 14.3 Å². The van der Waals surface area contributed by atoms with Gasteiger partial charge in [0.15, 0.2) is 11.5 Å². The smallest absolute Gasteiger partial charge is 0.349 e. The second-order valence-electron chi connectivity index (χ2n) is 9.16. The largest absolute Gasteiger partial charge is 0.493 e. The zero-order chi connectivity index (χ0) is 27.1. The van der Waals surface area contributed by atoms with Gasteiger partial charge in [-0.05, 0) is 43.2 Å². The average Bonchev–Trinajstić information content (AvgIpc) is 2.89. The Kier molecular flexibility index (Phi) is 9.10. The molecule has 0 aliphatic carbocycles. The number of ether oxygens (including phenoxy) is 3. The summed E-state index contributed by atoms with van der Waals surface area (Å²) in [5, 5.41) is 5.72. The number of rotatable bonds is 4. The number of carbonyl (C=O) groups excluding carboxylic acids is 4. The Labute approximate surface area is 216 Å². The minimum absolute atomic E-state index is 0.0532. The fourth-order valence-corrected chi connectivity index (χ4v) is 3.96. The topological polar surface area (TPSA) is 123 Å². The summed E-state index contributed by atoms with van der Waals surface area (Å²) >= 11 is 0. The van der Waals surface area contributed by atoms with Crippen molar-refractivity contribution in [3.05, 3.63) is 59.7 Å². The fourth-order valence-electron chi connectivity index (χ4n) is 3.96. The van der Waals surface area contributed by atoms with E-state index in [0.29, 0.717) is 11.3 Å². The highest BCUT2D eigenvalue weighted by molar-refractivity contribution is 5.97. The van der Waals surface area contributed by atoms with E-state index >= 15 is 0 Å². The molecule has 1 aliphatic rings. The molecule has 10 nitrogen and oxygen atoms in total. The molecule has 0 saturated heterocycles. The molecule has 0 aromatic heterocycles. The second-order valence-corrected chi connectivity index (χ2v) is 9.16. The highest BCUT2D eigenvalue weighted by Crippen LogP contribution is 2.30. The summed E-state index contributed by atoms with van der Waals surface area (Å²) in [6, 6.07) is 11.9. The van der Waals surface area contributed by atoms with E-state index in [1.807, 2.05) is 13.8 Å². The highest BCUT2D eigenvalue weighted by atomic mass is 16.6. The Morgan fingerprint density at radius 2 is 1.76 bits per heavy atom. The summed E-state index contributed by atoms with van der Waals surface area (Å²) in [7, 11) is 2.64. The van der Waals surface area contributed by atoms with E-state index in [9.17, 15) is 19.2 Å². The molecule has 3 rings (SSSR count). The van der Waals surface area contributed by atoms with Gasteiger partial charge in [0.1, 0.15) is 0 Å². The van der Waals surface area contributed by atoms with E-state index in [1.54, 1.807) is 49.4 Å². The minimum Gasteiger partial charge on any atom is -0.493 e. The van der Waals surface area contributed by atoms with Crippen molar-refractivity contribution in [1.29, 1.82) is 0 Å². The van der Waals surface area contributed by atoms with Gasteiger partial charge in [0.05, 0.1) is 26.8 Å². The van der Waals surface area contributed by atoms with Gasteiger partial charge in [-0.15, -0.1) is 0 Å². The minimum atomic E-state index is -1.24. The zero-order valence-electron chi connectivity index (χ0n) is 21.6. The summed E-state index contributed by atoms with van der Waals surface area (Å²) in [4.78, 5) is 53.6. The lowest BCUT2D eigenvalue weighted by Crippen LogP contribution is -2.54. The first-order chi connectivity index (χ1) is 17.6. The van der Waals surface area contributed by atoms with Crippen LogP contribution in [0.2, 0.25) is 0 Å². The number of benzene rings is 2. The molecule has 3 amide bonds. The van der Waals surface area contributed by atoms with Gasteiger partial charge >= 0.3 is 5.97 Å². The molecule has 10 heteroatoms. The van der Waals surface area contributed by atoms with Crippen LogP contribution in [0.5, 0.6) is 11.5 Å². The molecule has 0 fully saturated rings. The lowest BCUT2D eigenvalue weighted by Gasteiger charge is -2.32. The van der Waals surface area contributed by atoms with Crippen molar-refractivity contribution in [2.45, 2.75) is 39.0 Å². The molecule has 0 unspecified atom stereocenters. The monoisotopic (exact) mass is 511 g/mol. The fraction of sp³-hybridized carbons (Fsp3) is 0.407. The summed E-state index contributed by atoms with van der Waals surface area (Å²) in [5.74, 6) is -1.59. The van der Waals surface area contributed by atoms with Crippen LogP contribution in [0.1, 0.15) is 41.5 Å². The maximum atomic E-state index is 13.4. The third kappa shape index (κ3) is 6.78. The molecule has 2 aromatic carbocycles. The maximum absolute atomic E-state index is 13.4. The summed E-state index contributed by atoms with van der Waals surface area (Å²) in [6.45, 7) is 5.24. The SMILES string of the molecule is COC(=O)[C@@H]1Oc2cc(ccc2OC)C(=O)N[C@@H](C(C)C)CN(C(=O)c2ccccc2)CC(=O)N[C@H]1C. The van der Waals surface area contributed by atoms with Gasteiger partial charge in [-0.2, -0.15) is 0 Å². The van der Waals surface area contributed by atoms with Gasteiger partial charge in [-0.3, -0.25) is 14.4 Å². The van der Waals surface area contributed by atoms with Gasteiger partial charge in [-0.25, -0.2) is 4.79 Å². The molecular formula is C27H33N3O7. The molecular weight excluding hydrogens is 478 g/mol. The van der Waals surface area contributed by atoms with Crippen molar-refractivity contribution in [2.75, 3.05) is 27.3 Å². The van der Waals surface area contributed by atoms with E-state index in [0.717, 1.165) is 0 Å². The number of carbonyl (C=O) groups is 4. The Bertz CT molecular complexity index is 1140. The maximum Gasteiger partial charge on any atom is 0.349 e. The molecule has 0 spiro atoms. The van der Waals surface area contributed by atoms with Crippen molar-refractivity contribution < 1.29 is 33.4 Å². The Balaban J connectivity index is 2.06. The van der Waals surface area contributed by atoms with Crippen molar-refractivity contribution >= 4 is 23.7 Å². The number of methoxy groups -OCH3 is 2. The Morgan fingerprint density at radius 3 is 2.38 bits per heavy atom. The molecule has 2 aromatic rings. The summed E-state index contributed by atoms with van der Waals surface area (Å²) < 4.78 is 16.2. The van der Waals surface area contributed by atoms with E-state index < -0.39 is 36.0 Å². The lowest BCUT2D eigenvalue weighted by molar-refractivity contribution is -0.150. The third-order valence-corrected chi connectivity index (χ3v) is 6.14. The van der Waals surface area contributed by atoms with Crippen LogP contribution >= 0.6 is 0 Å². The van der Waals surface area contributed by atoms with Crippen molar-refractivity contribution in [1.82, 2.24) is 15.5 Å². The molecule has 3 atom stereocenters. The molecule has 2 N–H and O–H groups in total. The van der Waals surface area contributed by atoms with Crippen LogP contribution in [0.3, 0.4) is 0 Å². The standard InChI is InChI=1S/C27H33N3O7/c1-16(2)20-14-30(26(33)18-9-7-6-8-10-18)15-23(31)28-17(3)24(27(34)36-5)37-22-13-19(25(32)29-20)11-12-21(22)35-4/h6-13,16-17,20,24H,14-15H2,1-5H3,(H,28,31)(H,29,32)/t17-,20+,24+/m0/s1. The van der Waals surface area contributed by atoms with Gasteiger partial charge in [0.2, 0.25) is 12.0 Å². The number of fused-ring (bicyclic) bond motifs is 2. The molecule has 0 saturated carbocycles. The van der Waals surface area contributed by atoms with Crippen LogP contribution in [0.15, 0.2) is 48.5 Å². The average molecular weight is 512 g/mol. The molecule has 1 aliphatic heterocycles. The first kappa shape index (κ1) is 27.5. The number of nitrogens with zero attached hydrogens (tertiary/aromatic N) is 1. The first-order valence-corrected chi connectivity index (χ1v) is 12.0. The van der Waals surface area contributed by atoms with E-state index in [1.165, 1.54) is 25.2 Å². The molecule has 0 radical (unpaired) electrons.